The highest BCUT2D eigenvalue weighted by Gasteiger charge is 2.61. The van der Waals surface area contributed by atoms with Crippen molar-refractivity contribution >= 4 is 17.6 Å². The van der Waals surface area contributed by atoms with Crippen molar-refractivity contribution in [3.05, 3.63) is 77.9 Å². The number of epoxide rings is 1. The zero-order chi connectivity index (χ0) is 25.2. The molecule has 184 valence electrons. The van der Waals surface area contributed by atoms with Crippen LogP contribution in [0.2, 0.25) is 0 Å². The standard InChI is InChI=1S/C15H20O3.C13H11NO3/c1-9-5-4-8-15(3)13(18-15)12-11(7-6-9)10(2)14(16)17-12;14-9-6-7-11(12(15)8-9)13(16)17-10-4-2-1-3-5-10/h5,11-13H,2,4,6-8H2,1,3H3;1-8,15H,14H2. The maximum absolute atomic E-state index is 11.7. The fourth-order valence-electron chi connectivity index (χ4n) is 4.58. The zero-order valence-electron chi connectivity index (χ0n) is 20.0. The quantitative estimate of drug-likeness (QED) is 0.157. The van der Waals surface area contributed by atoms with Crippen LogP contribution in [0, 0.1) is 5.92 Å². The highest BCUT2D eigenvalue weighted by Crippen LogP contribution is 2.49. The van der Waals surface area contributed by atoms with Gasteiger partial charge in [0.15, 0.2) is 0 Å². The number of fused-ring (bicyclic) bond motifs is 3. The third-order valence-electron chi connectivity index (χ3n) is 6.77. The van der Waals surface area contributed by atoms with Gasteiger partial charge in [-0.1, -0.05) is 36.4 Å². The molecule has 4 unspecified atom stereocenters. The number of phenolic OH excluding ortho intramolecular Hbond substituents is 1. The molecule has 2 heterocycles. The first-order chi connectivity index (χ1) is 16.7. The number of para-hydroxylation sites is 1. The van der Waals surface area contributed by atoms with Gasteiger partial charge < -0.3 is 25.1 Å². The second-order valence-electron chi connectivity index (χ2n) is 9.46. The molecule has 4 atom stereocenters. The summed E-state index contributed by atoms with van der Waals surface area (Å²) >= 11 is 0. The lowest BCUT2D eigenvalue weighted by Crippen LogP contribution is -2.28. The molecule has 0 radical (unpaired) electrons. The molecule has 2 aromatic carbocycles. The Morgan fingerprint density at radius 3 is 2.69 bits per heavy atom. The molecule has 0 spiro atoms. The van der Waals surface area contributed by atoms with Crippen LogP contribution in [0.15, 0.2) is 72.3 Å². The Morgan fingerprint density at radius 1 is 1.23 bits per heavy atom. The molecule has 0 saturated carbocycles. The molecule has 7 nitrogen and oxygen atoms in total. The number of nitrogen functional groups attached to an aromatic ring is 1. The summed E-state index contributed by atoms with van der Waals surface area (Å²) in [7, 11) is 0. The van der Waals surface area contributed by atoms with E-state index in [0.717, 1.165) is 25.7 Å². The third kappa shape index (κ3) is 5.57. The molecule has 2 saturated heterocycles. The zero-order valence-corrected chi connectivity index (χ0v) is 20.0. The van der Waals surface area contributed by atoms with Crippen molar-refractivity contribution in [2.24, 2.45) is 5.92 Å². The van der Waals surface area contributed by atoms with E-state index in [9.17, 15) is 14.7 Å². The molecule has 1 aliphatic carbocycles. The van der Waals surface area contributed by atoms with Crippen molar-refractivity contribution < 1.29 is 28.9 Å². The Kier molecular flexibility index (Phi) is 6.98. The number of hydrogen-bond acceptors (Lipinski definition) is 7. The highest BCUT2D eigenvalue weighted by atomic mass is 16.6. The van der Waals surface area contributed by atoms with E-state index in [1.807, 2.05) is 6.07 Å². The van der Waals surface area contributed by atoms with Crippen LogP contribution in [-0.2, 0) is 14.3 Å². The van der Waals surface area contributed by atoms with Crippen LogP contribution < -0.4 is 10.5 Å². The molecule has 5 rings (SSSR count). The summed E-state index contributed by atoms with van der Waals surface area (Å²) in [5.74, 6) is -0.483. The van der Waals surface area contributed by atoms with Crippen molar-refractivity contribution in [2.45, 2.75) is 57.3 Å². The summed E-state index contributed by atoms with van der Waals surface area (Å²) in [5.41, 5.74) is 7.86. The second-order valence-corrected chi connectivity index (χ2v) is 9.46. The van der Waals surface area contributed by atoms with E-state index in [4.69, 9.17) is 19.9 Å². The van der Waals surface area contributed by atoms with E-state index in [0.29, 0.717) is 17.0 Å². The van der Waals surface area contributed by atoms with Crippen LogP contribution in [0.25, 0.3) is 0 Å². The Morgan fingerprint density at radius 2 is 1.97 bits per heavy atom. The monoisotopic (exact) mass is 477 g/mol. The first-order valence-electron chi connectivity index (χ1n) is 11.8. The fraction of sp³-hybridized carbons (Fsp3) is 0.357. The van der Waals surface area contributed by atoms with Crippen molar-refractivity contribution in [3.63, 3.8) is 0 Å². The van der Waals surface area contributed by atoms with E-state index in [1.54, 1.807) is 24.3 Å². The maximum atomic E-state index is 11.7. The highest BCUT2D eigenvalue weighted by molar-refractivity contribution is 5.94. The molecule has 2 aliphatic heterocycles. The smallest absolute Gasteiger partial charge is 0.347 e. The number of rotatable bonds is 2. The number of anilines is 1. The Bertz CT molecular complexity index is 1160. The van der Waals surface area contributed by atoms with Gasteiger partial charge in [-0.3, -0.25) is 0 Å². The van der Waals surface area contributed by atoms with Gasteiger partial charge in [-0.15, -0.1) is 0 Å². The van der Waals surface area contributed by atoms with Gasteiger partial charge in [-0.05, 0) is 63.8 Å². The first kappa shape index (κ1) is 24.5. The number of carbonyl (C=O) groups is 2. The number of hydrogen-bond donors (Lipinski definition) is 2. The van der Waals surface area contributed by atoms with E-state index >= 15 is 0 Å². The number of benzene rings is 2. The van der Waals surface area contributed by atoms with Crippen LogP contribution in [0.3, 0.4) is 0 Å². The lowest BCUT2D eigenvalue weighted by Gasteiger charge is -2.19. The number of carbonyl (C=O) groups excluding carboxylic acids is 2. The number of allylic oxidation sites excluding steroid dienone is 2. The molecule has 0 bridgehead atoms. The topological polar surface area (TPSA) is 111 Å². The Labute approximate surface area is 205 Å². The first-order valence-corrected chi connectivity index (χ1v) is 11.8. The van der Waals surface area contributed by atoms with E-state index in [2.05, 4.69) is 26.5 Å². The molecular weight excluding hydrogens is 446 g/mol. The van der Waals surface area contributed by atoms with E-state index in [-0.39, 0.29) is 41.0 Å². The summed E-state index contributed by atoms with van der Waals surface area (Å²) < 4.78 is 16.4. The van der Waals surface area contributed by atoms with Gasteiger partial charge in [0, 0.05) is 23.2 Å². The largest absolute Gasteiger partial charge is 0.507 e. The van der Waals surface area contributed by atoms with E-state index < -0.39 is 5.97 Å². The minimum absolute atomic E-state index is 0.0671. The Hall–Kier alpha value is -3.58. The Balaban J connectivity index is 0.000000165. The molecule has 35 heavy (non-hydrogen) atoms. The molecule has 0 amide bonds. The lowest BCUT2D eigenvalue weighted by atomic mass is 9.84. The number of ether oxygens (including phenoxy) is 3. The molecule has 2 aromatic rings. The maximum Gasteiger partial charge on any atom is 0.347 e. The summed E-state index contributed by atoms with van der Waals surface area (Å²) in [6, 6.07) is 12.9. The predicted molar refractivity (Wildman–Crippen MR) is 132 cm³/mol. The van der Waals surface area contributed by atoms with Crippen molar-refractivity contribution in [2.75, 3.05) is 5.73 Å². The summed E-state index contributed by atoms with van der Waals surface area (Å²) in [6.07, 6.45) is 6.25. The molecule has 7 heteroatoms. The summed E-state index contributed by atoms with van der Waals surface area (Å²) in [5, 5.41) is 9.56. The van der Waals surface area contributed by atoms with Crippen LogP contribution in [0.1, 0.15) is 49.9 Å². The third-order valence-corrected chi connectivity index (χ3v) is 6.77. The van der Waals surface area contributed by atoms with Crippen molar-refractivity contribution in [1.29, 1.82) is 0 Å². The second kappa shape index (κ2) is 9.96. The van der Waals surface area contributed by atoms with Crippen molar-refractivity contribution in [3.8, 4) is 11.5 Å². The minimum Gasteiger partial charge on any atom is -0.507 e. The lowest BCUT2D eigenvalue weighted by molar-refractivity contribution is -0.140. The van der Waals surface area contributed by atoms with Crippen LogP contribution >= 0.6 is 0 Å². The van der Waals surface area contributed by atoms with Crippen LogP contribution in [0.4, 0.5) is 5.69 Å². The minimum atomic E-state index is -0.617. The van der Waals surface area contributed by atoms with Gasteiger partial charge in [0.2, 0.25) is 0 Å². The van der Waals surface area contributed by atoms with Gasteiger partial charge in [0.1, 0.15) is 29.3 Å². The van der Waals surface area contributed by atoms with Crippen molar-refractivity contribution in [1.82, 2.24) is 0 Å². The average molecular weight is 478 g/mol. The summed E-state index contributed by atoms with van der Waals surface area (Å²) in [4.78, 5) is 23.4. The molecule has 0 aromatic heterocycles. The number of aromatic hydroxyl groups is 1. The average Bonchev–Trinajstić information content (AvgIpc) is 3.40. The van der Waals surface area contributed by atoms with Gasteiger partial charge in [0.05, 0.1) is 5.60 Å². The van der Waals surface area contributed by atoms with Crippen LogP contribution in [-0.4, -0.2) is 34.9 Å². The molecule has 3 aliphatic rings. The normalized spacial score (nSPS) is 27.3. The molecule has 2 fully saturated rings. The van der Waals surface area contributed by atoms with Gasteiger partial charge in [0.25, 0.3) is 0 Å². The van der Waals surface area contributed by atoms with E-state index in [1.165, 1.54) is 23.8 Å². The number of esters is 2. The van der Waals surface area contributed by atoms with Gasteiger partial charge >= 0.3 is 11.9 Å². The van der Waals surface area contributed by atoms with Gasteiger partial charge in [-0.25, -0.2) is 9.59 Å². The number of phenols is 1. The molecular formula is C28H31NO6. The van der Waals surface area contributed by atoms with Gasteiger partial charge in [-0.2, -0.15) is 0 Å². The SMILES string of the molecule is C=C1C(=O)OC2C1CCC(C)=CCCC1(C)OC21.Nc1ccc(C(=O)Oc2ccccc2)c(O)c1. The number of nitrogens with two attached hydrogens (primary N) is 1. The summed E-state index contributed by atoms with van der Waals surface area (Å²) in [6.45, 7) is 8.17. The predicted octanol–water partition coefficient (Wildman–Crippen LogP) is 4.96. The van der Waals surface area contributed by atoms with Crippen LogP contribution in [0.5, 0.6) is 11.5 Å². The molecule has 3 N–H and O–H groups in total. The fourth-order valence-corrected chi connectivity index (χ4v) is 4.58.